The van der Waals surface area contributed by atoms with Gasteiger partial charge in [-0.05, 0) is 54.2 Å². The van der Waals surface area contributed by atoms with E-state index < -0.39 is 0 Å². The number of anilines is 2. The molecule has 8 heteroatoms. The molecule has 0 spiro atoms. The van der Waals surface area contributed by atoms with E-state index in [1.54, 1.807) is 13.3 Å². The molecule has 0 bridgehead atoms. The summed E-state index contributed by atoms with van der Waals surface area (Å²) >= 11 is 5.74. The number of carbonyl (C=O) groups excluding carboxylic acids is 1. The number of carbonyl (C=O) groups is 1. The van der Waals surface area contributed by atoms with Gasteiger partial charge in [0.2, 0.25) is 5.91 Å². The van der Waals surface area contributed by atoms with E-state index in [0.29, 0.717) is 16.5 Å². The second-order valence-electron chi connectivity index (χ2n) is 7.17. The highest BCUT2D eigenvalue weighted by Crippen LogP contribution is 2.43. The topological polar surface area (TPSA) is 71.4 Å². The highest BCUT2D eigenvalue weighted by molar-refractivity contribution is 7.80. The van der Waals surface area contributed by atoms with Crippen molar-refractivity contribution in [2.24, 2.45) is 7.05 Å². The van der Waals surface area contributed by atoms with Crippen LogP contribution in [0, 0.1) is 0 Å². The van der Waals surface area contributed by atoms with Crippen molar-refractivity contribution in [2.75, 3.05) is 17.3 Å². The molecule has 0 unspecified atom stereocenters. The summed E-state index contributed by atoms with van der Waals surface area (Å²) in [6.07, 6.45) is 5.88. The van der Waals surface area contributed by atoms with Crippen LogP contribution < -0.4 is 20.3 Å². The Morgan fingerprint density at radius 2 is 2.10 bits per heavy atom. The van der Waals surface area contributed by atoms with Crippen molar-refractivity contribution >= 4 is 34.6 Å². The number of aromatic nitrogens is 2. The Morgan fingerprint density at radius 3 is 2.73 bits per heavy atom. The van der Waals surface area contributed by atoms with Gasteiger partial charge >= 0.3 is 0 Å². The lowest BCUT2D eigenvalue weighted by molar-refractivity contribution is -0.114. The molecule has 1 fully saturated rings. The zero-order valence-electron chi connectivity index (χ0n) is 17.0. The van der Waals surface area contributed by atoms with Gasteiger partial charge in [0, 0.05) is 38.2 Å². The molecule has 1 amide bonds. The summed E-state index contributed by atoms with van der Waals surface area (Å²) in [4.78, 5) is 18.3. The molecule has 0 saturated carbocycles. The third-order valence-electron chi connectivity index (χ3n) is 5.07. The molecule has 3 heterocycles. The van der Waals surface area contributed by atoms with Gasteiger partial charge in [-0.25, -0.2) is 0 Å². The number of benzene rings is 1. The summed E-state index contributed by atoms with van der Waals surface area (Å²) in [5.41, 5.74) is 3.46. The van der Waals surface area contributed by atoms with Gasteiger partial charge in [-0.15, -0.1) is 0 Å². The summed E-state index contributed by atoms with van der Waals surface area (Å²) in [6, 6.07) is 13.4. The lowest BCUT2D eigenvalue weighted by Gasteiger charge is -2.28. The van der Waals surface area contributed by atoms with Crippen LogP contribution in [-0.4, -0.2) is 27.7 Å². The average Bonchev–Trinajstić information content (AvgIpc) is 3.31. The molecule has 4 rings (SSSR count). The van der Waals surface area contributed by atoms with E-state index >= 15 is 0 Å². The second-order valence-corrected chi connectivity index (χ2v) is 7.56. The predicted molar refractivity (Wildman–Crippen MR) is 121 cm³/mol. The summed E-state index contributed by atoms with van der Waals surface area (Å²) < 4.78 is 7.42. The minimum absolute atomic E-state index is 0.104. The smallest absolute Gasteiger partial charge is 0.221 e. The van der Waals surface area contributed by atoms with Crippen LogP contribution in [0.25, 0.3) is 0 Å². The minimum atomic E-state index is -0.168. The van der Waals surface area contributed by atoms with Crippen LogP contribution in [0.2, 0.25) is 0 Å². The Bertz CT molecular complexity index is 1080. The SMILES string of the molecule is COc1ccc(N2C(=S)N[C@H](c3ccccn3)[C@H]2c2ccn(C)c2)cc1NC(C)=O. The van der Waals surface area contributed by atoms with Crippen LogP contribution >= 0.6 is 12.2 Å². The number of nitrogens with one attached hydrogen (secondary N) is 2. The van der Waals surface area contributed by atoms with Crippen LogP contribution in [0.15, 0.2) is 61.1 Å². The van der Waals surface area contributed by atoms with Gasteiger partial charge in [0.25, 0.3) is 0 Å². The van der Waals surface area contributed by atoms with Crippen LogP contribution in [0.1, 0.15) is 30.3 Å². The molecule has 2 atom stereocenters. The molecule has 3 aromatic rings. The Labute approximate surface area is 180 Å². The summed E-state index contributed by atoms with van der Waals surface area (Å²) in [6.45, 7) is 1.47. The van der Waals surface area contributed by atoms with E-state index in [4.69, 9.17) is 17.0 Å². The quantitative estimate of drug-likeness (QED) is 0.614. The van der Waals surface area contributed by atoms with E-state index in [0.717, 1.165) is 16.9 Å². The fraction of sp³-hybridized carbons (Fsp3) is 0.227. The van der Waals surface area contributed by atoms with Crippen LogP contribution in [-0.2, 0) is 11.8 Å². The Morgan fingerprint density at radius 1 is 1.27 bits per heavy atom. The van der Waals surface area contributed by atoms with Gasteiger partial charge in [0.05, 0.1) is 30.6 Å². The zero-order chi connectivity index (χ0) is 21.3. The van der Waals surface area contributed by atoms with Crippen molar-refractivity contribution in [3.05, 3.63) is 72.3 Å². The molecule has 0 radical (unpaired) electrons. The monoisotopic (exact) mass is 421 g/mol. The second kappa shape index (κ2) is 8.16. The maximum Gasteiger partial charge on any atom is 0.221 e. The molecule has 154 valence electrons. The fourth-order valence-corrected chi connectivity index (χ4v) is 4.15. The third kappa shape index (κ3) is 3.73. The van der Waals surface area contributed by atoms with Crippen LogP contribution in [0.5, 0.6) is 5.75 Å². The molecular weight excluding hydrogens is 398 g/mol. The van der Waals surface area contributed by atoms with Gasteiger partial charge in [-0.3, -0.25) is 9.78 Å². The predicted octanol–water partition coefficient (Wildman–Crippen LogP) is 3.56. The largest absolute Gasteiger partial charge is 0.495 e. The maximum atomic E-state index is 11.7. The molecule has 1 aliphatic heterocycles. The number of pyridine rings is 1. The van der Waals surface area contributed by atoms with Crippen molar-refractivity contribution in [3.8, 4) is 5.75 Å². The summed E-state index contributed by atoms with van der Waals surface area (Å²) in [5.74, 6) is 0.420. The van der Waals surface area contributed by atoms with E-state index in [2.05, 4.69) is 32.8 Å². The number of ether oxygens (including phenoxy) is 1. The van der Waals surface area contributed by atoms with E-state index in [1.165, 1.54) is 6.92 Å². The Kier molecular flexibility index (Phi) is 5.41. The van der Waals surface area contributed by atoms with Crippen molar-refractivity contribution in [1.29, 1.82) is 0 Å². The number of rotatable bonds is 5. The first-order chi connectivity index (χ1) is 14.5. The first-order valence-corrected chi connectivity index (χ1v) is 9.97. The number of hydrogen-bond donors (Lipinski definition) is 2. The molecule has 2 aromatic heterocycles. The van der Waals surface area contributed by atoms with Gasteiger partial charge in [0.15, 0.2) is 5.11 Å². The summed E-state index contributed by atoms with van der Waals surface area (Å²) in [7, 11) is 3.57. The number of hydrogen-bond acceptors (Lipinski definition) is 4. The highest BCUT2D eigenvalue weighted by Gasteiger charge is 2.41. The van der Waals surface area contributed by atoms with Gasteiger partial charge in [-0.1, -0.05) is 6.07 Å². The van der Waals surface area contributed by atoms with Gasteiger partial charge < -0.3 is 24.8 Å². The van der Waals surface area contributed by atoms with Crippen molar-refractivity contribution in [2.45, 2.75) is 19.0 Å². The summed E-state index contributed by atoms with van der Waals surface area (Å²) in [5, 5.41) is 6.86. The lowest BCUT2D eigenvalue weighted by Crippen LogP contribution is -2.29. The Balaban J connectivity index is 1.81. The number of methoxy groups -OCH3 is 1. The molecule has 30 heavy (non-hydrogen) atoms. The zero-order valence-corrected chi connectivity index (χ0v) is 17.8. The van der Waals surface area contributed by atoms with E-state index in [1.807, 2.05) is 54.2 Å². The molecule has 1 saturated heterocycles. The fourth-order valence-electron chi connectivity index (χ4n) is 3.80. The normalized spacial score (nSPS) is 18.2. The highest BCUT2D eigenvalue weighted by atomic mass is 32.1. The molecular formula is C22H23N5O2S. The van der Waals surface area contributed by atoms with Crippen molar-refractivity contribution in [1.82, 2.24) is 14.9 Å². The average molecular weight is 422 g/mol. The Hall–Kier alpha value is -3.39. The number of nitrogens with zero attached hydrogens (tertiary/aromatic N) is 3. The standard InChI is InChI=1S/C22H23N5O2S/c1-14(28)24-18-12-16(7-8-19(18)29-3)27-21(15-9-11-26(2)13-15)20(25-22(27)30)17-6-4-5-10-23-17/h4-13,20-21H,1-3H3,(H,24,28)(H,25,30)/t20-,21-/m1/s1. The first kappa shape index (κ1) is 19.9. The maximum absolute atomic E-state index is 11.7. The van der Waals surface area contributed by atoms with Gasteiger partial charge in [-0.2, -0.15) is 0 Å². The molecule has 2 N–H and O–H groups in total. The van der Waals surface area contributed by atoms with Gasteiger partial charge in [0.1, 0.15) is 5.75 Å². The number of thiocarbonyl (C=S) groups is 1. The number of amides is 1. The minimum Gasteiger partial charge on any atom is -0.495 e. The number of aryl methyl sites for hydroxylation is 1. The molecule has 1 aliphatic rings. The van der Waals surface area contributed by atoms with Crippen LogP contribution in [0.3, 0.4) is 0 Å². The lowest BCUT2D eigenvalue weighted by atomic mass is 9.98. The van der Waals surface area contributed by atoms with E-state index in [-0.39, 0.29) is 18.0 Å². The third-order valence-corrected chi connectivity index (χ3v) is 5.38. The molecule has 1 aromatic carbocycles. The van der Waals surface area contributed by atoms with Crippen LogP contribution in [0.4, 0.5) is 11.4 Å². The molecule has 0 aliphatic carbocycles. The molecule has 7 nitrogen and oxygen atoms in total. The van der Waals surface area contributed by atoms with Crippen molar-refractivity contribution < 1.29 is 9.53 Å². The van der Waals surface area contributed by atoms with E-state index in [9.17, 15) is 4.79 Å². The van der Waals surface area contributed by atoms with Crippen molar-refractivity contribution in [3.63, 3.8) is 0 Å². The first-order valence-electron chi connectivity index (χ1n) is 9.56.